The summed E-state index contributed by atoms with van der Waals surface area (Å²) in [7, 11) is 0. The van der Waals surface area contributed by atoms with E-state index in [1.807, 2.05) is 0 Å². The third-order valence-corrected chi connectivity index (χ3v) is 0. The van der Waals surface area contributed by atoms with Crippen LogP contribution >= 0.6 is 0 Å². The molecule has 34 valence electrons. The molecule has 0 aromatic rings. The Morgan fingerprint density at radius 3 is 1.00 bits per heavy atom. The Morgan fingerprint density at radius 1 is 1.00 bits per heavy atom. The van der Waals surface area contributed by atoms with Gasteiger partial charge in [-0.3, -0.25) is 0 Å². The van der Waals surface area contributed by atoms with Gasteiger partial charge in [0.15, 0.2) is 0 Å². The third-order valence-electron chi connectivity index (χ3n) is 0. The van der Waals surface area contributed by atoms with Gasteiger partial charge in [-0.05, 0) is 0 Å². The van der Waals surface area contributed by atoms with Gasteiger partial charge in [0.2, 0.25) is 0 Å². The van der Waals surface area contributed by atoms with Gasteiger partial charge in [0.05, 0.1) is 0 Å². The summed E-state index contributed by atoms with van der Waals surface area (Å²) in [6.45, 7) is 0. The molecule has 0 amide bonds. The molecule has 0 fully saturated rings. The van der Waals surface area contributed by atoms with Crippen LogP contribution in [0.15, 0.2) is 0 Å². The fourth-order valence-corrected chi connectivity index (χ4v) is 0. The summed E-state index contributed by atoms with van der Waals surface area (Å²) >= 11 is 0. The van der Waals surface area contributed by atoms with E-state index in [-0.39, 0.29) is 82.0 Å². The van der Waals surface area contributed by atoms with Crippen molar-refractivity contribution in [2.75, 3.05) is 0 Å². The average Bonchev–Trinajstić information content (AvgIpc) is 0. The SMILES string of the molecule is [Pd].[Pt].[Ru].[W]. The molecule has 0 saturated heterocycles. The van der Waals surface area contributed by atoms with Gasteiger partial charge in [-0.1, -0.05) is 0 Å². The smallest absolute Gasteiger partial charge is 0 e. The van der Waals surface area contributed by atoms with Crippen molar-refractivity contribution in [3.05, 3.63) is 0 Å². The van der Waals surface area contributed by atoms with E-state index in [2.05, 4.69) is 0 Å². The Bertz CT molecular complexity index is 8.00. The minimum Gasteiger partial charge on any atom is 0 e. The minimum atomic E-state index is 0. The van der Waals surface area contributed by atoms with Crippen LogP contribution in [0.3, 0.4) is 0 Å². The summed E-state index contributed by atoms with van der Waals surface area (Å²) in [5.74, 6) is 0. The van der Waals surface area contributed by atoms with Crippen LogP contribution in [-0.4, -0.2) is 0 Å². The second-order valence-electron chi connectivity index (χ2n) is 0. The molecule has 0 aromatic carbocycles. The topological polar surface area (TPSA) is 0 Å². The molecule has 0 bridgehead atoms. The van der Waals surface area contributed by atoms with Crippen molar-refractivity contribution in [2.24, 2.45) is 0 Å². The third kappa shape index (κ3) is 8.82. The summed E-state index contributed by atoms with van der Waals surface area (Å²) in [5.41, 5.74) is 0. The number of hydrogen-bond donors (Lipinski definition) is 0. The van der Waals surface area contributed by atoms with E-state index >= 15 is 0 Å². The van der Waals surface area contributed by atoms with Crippen LogP contribution < -0.4 is 0 Å². The second kappa shape index (κ2) is 17.4. The molecule has 0 aromatic heterocycles. The second-order valence-corrected chi connectivity index (χ2v) is 0. The van der Waals surface area contributed by atoms with Crippen molar-refractivity contribution in [1.29, 1.82) is 0 Å². The summed E-state index contributed by atoms with van der Waals surface area (Å²) in [5, 5.41) is 0. The fraction of sp³-hybridized carbons (Fsp3) is 0. The van der Waals surface area contributed by atoms with Crippen molar-refractivity contribution in [1.82, 2.24) is 0 Å². The summed E-state index contributed by atoms with van der Waals surface area (Å²) in [6, 6.07) is 0. The Morgan fingerprint density at radius 2 is 1.00 bits per heavy atom. The zero-order valence-corrected chi connectivity index (χ0v) is 9.89. The molecule has 0 aliphatic rings. The Kier molecular flexibility index (Phi) is 131. The molecule has 0 rings (SSSR count). The summed E-state index contributed by atoms with van der Waals surface area (Å²) in [6.07, 6.45) is 0. The Balaban J connectivity index is 0. The molecular weight excluding hydrogens is 586 g/mol. The van der Waals surface area contributed by atoms with Crippen LogP contribution in [0.5, 0.6) is 0 Å². The molecule has 0 heterocycles. The maximum Gasteiger partial charge on any atom is 0 e. The molecule has 0 N–H and O–H groups in total. The Hall–Kier alpha value is 2.66. The predicted molar refractivity (Wildman–Crippen MR) is 0 cm³/mol. The first-order chi connectivity index (χ1) is 0. The molecule has 0 nitrogen and oxygen atoms in total. The first-order valence-electron chi connectivity index (χ1n) is 0. The summed E-state index contributed by atoms with van der Waals surface area (Å²) in [4.78, 5) is 0. The van der Waals surface area contributed by atoms with Crippen molar-refractivity contribution in [2.45, 2.75) is 0 Å². The minimum absolute atomic E-state index is 0. The monoisotopic (exact) mass is 587 g/mol. The first-order valence-corrected chi connectivity index (χ1v) is 0. The van der Waals surface area contributed by atoms with Gasteiger partial charge in [0.25, 0.3) is 0 Å². The average molecular weight is 586 g/mol. The molecule has 0 aliphatic carbocycles. The maximum absolute atomic E-state index is 0. The molecule has 0 radical (unpaired) electrons. The van der Waals surface area contributed by atoms with Crippen LogP contribution in [0.25, 0.3) is 0 Å². The predicted octanol–water partition coefficient (Wildman–Crippen LogP) is -0.0100. The van der Waals surface area contributed by atoms with Gasteiger partial charge in [-0.25, -0.2) is 0 Å². The van der Waals surface area contributed by atoms with Crippen molar-refractivity contribution in [3.63, 3.8) is 0 Å². The van der Waals surface area contributed by atoms with Crippen LogP contribution in [0.1, 0.15) is 0 Å². The Labute approximate surface area is 80.8 Å². The normalized spacial score (nSPS) is 0. The van der Waals surface area contributed by atoms with Gasteiger partial charge in [-0.15, -0.1) is 0 Å². The quantitative estimate of drug-likeness (QED) is 0.351. The van der Waals surface area contributed by atoms with E-state index < -0.39 is 0 Å². The van der Waals surface area contributed by atoms with E-state index in [0.717, 1.165) is 0 Å². The van der Waals surface area contributed by atoms with Crippen molar-refractivity contribution < 1.29 is 82.0 Å². The van der Waals surface area contributed by atoms with Crippen molar-refractivity contribution >= 4 is 0 Å². The molecule has 0 unspecified atom stereocenters. The zero-order valence-electron chi connectivity index (χ0n) is 1.39. The standard InChI is InChI=1S/Pd.Pt.Ru.W. The number of hydrogen-bond acceptors (Lipinski definition) is 0. The summed E-state index contributed by atoms with van der Waals surface area (Å²) < 4.78 is 0. The largest absolute Gasteiger partial charge is 0 e. The van der Waals surface area contributed by atoms with Gasteiger partial charge in [-0.2, -0.15) is 0 Å². The van der Waals surface area contributed by atoms with Gasteiger partial charge in [0, 0.05) is 82.0 Å². The van der Waals surface area contributed by atoms with Crippen LogP contribution in [0.2, 0.25) is 0 Å². The molecule has 0 atom stereocenters. The van der Waals surface area contributed by atoms with Gasteiger partial charge in [0.1, 0.15) is 0 Å². The fourth-order valence-electron chi connectivity index (χ4n) is 0. The van der Waals surface area contributed by atoms with Crippen molar-refractivity contribution in [3.8, 4) is 0 Å². The van der Waals surface area contributed by atoms with Crippen LogP contribution in [0.4, 0.5) is 0 Å². The first kappa shape index (κ1) is 30.1. The van der Waals surface area contributed by atoms with E-state index in [9.17, 15) is 0 Å². The molecule has 0 spiro atoms. The molecule has 4 heteroatoms. The molecular formula is PdPtRuW. The molecule has 0 aliphatic heterocycles. The van der Waals surface area contributed by atoms with Gasteiger partial charge < -0.3 is 0 Å². The van der Waals surface area contributed by atoms with E-state index in [4.69, 9.17) is 0 Å². The molecule has 0 saturated carbocycles. The molecule has 4 heavy (non-hydrogen) atoms. The van der Waals surface area contributed by atoms with Gasteiger partial charge >= 0.3 is 0 Å². The number of rotatable bonds is 0. The van der Waals surface area contributed by atoms with Crippen LogP contribution in [0, 0.1) is 0 Å². The van der Waals surface area contributed by atoms with E-state index in [1.54, 1.807) is 0 Å². The zero-order chi connectivity index (χ0) is 0. The van der Waals surface area contributed by atoms with E-state index in [1.165, 1.54) is 0 Å². The maximum atomic E-state index is 0. The van der Waals surface area contributed by atoms with Crippen LogP contribution in [-0.2, 0) is 82.0 Å². The van der Waals surface area contributed by atoms with E-state index in [0.29, 0.717) is 0 Å².